The number of carbonyl (C=O) groups is 1. The lowest BCUT2D eigenvalue weighted by molar-refractivity contribution is -0.134. The van der Waals surface area contributed by atoms with Crippen LogP contribution < -0.4 is 5.32 Å². The molecule has 0 saturated carbocycles. The summed E-state index contributed by atoms with van der Waals surface area (Å²) in [6.07, 6.45) is 2.42. The molecule has 2 aromatic rings. The first-order chi connectivity index (χ1) is 10.7. The summed E-state index contributed by atoms with van der Waals surface area (Å²) in [5, 5.41) is 7.72. The first-order valence-electron chi connectivity index (χ1n) is 7.79. The molecule has 1 fully saturated rings. The lowest BCUT2D eigenvalue weighted by atomic mass is 10.0. The molecule has 1 aromatic carbocycles. The van der Waals surface area contributed by atoms with Crippen LogP contribution in [0.4, 0.5) is 0 Å². The van der Waals surface area contributed by atoms with Gasteiger partial charge in [-0.15, -0.1) is 0 Å². The van der Waals surface area contributed by atoms with E-state index in [0.29, 0.717) is 13.0 Å². The molecule has 1 saturated heterocycles. The van der Waals surface area contributed by atoms with Crippen LogP contribution in [-0.2, 0) is 11.3 Å². The van der Waals surface area contributed by atoms with Crippen LogP contribution in [0.25, 0.3) is 0 Å². The highest BCUT2D eigenvalue weighted by atomic mass is 16.2. The Labute approximate surface area is 130 Å². The molecule has 116 valence electrons. The van der Waals surface area contributed by atoms with Crippen LogP contribution in [0.15, 0.2) is 42.6 Å². The minimum atomic E-state index is 0.127. The van der Waals surface area contributed by atoms with Gasteiger partial charge >= 0.3 is 0 Å². The highest BCUT2D eigenvalue weighted by molar-refractivity contribution is 5.76. The lowest BCUT2D eigenvalue weighted by Gasteiger charge is -2.36. The molecule has 1 aliphatic rings. The molecule has 0 aliphatic carbocycles. The van der Waals surface area contributed by atoms with E-state index in [9.17, 15) is 4.79 Å². The van der Waals surface area contributed by atoms with Crippen molar-refractivity contribution >= 4 is 5.91 Å². The number of benzene rings is 1. The second kappa shape index (κ2) is 6.75. The molecule has 1 aliphatic heterocycles. The zero-order valence-corrected chi connectivity index (χ0v) is 12.9. The molecule has 1 atom stereocenters. The maximum Gasteiger partial charge on any atom is 0.225 e. The number of piperazine rings is 1. The fraction of sp³-hybridized carbons (Fsp3) is 0.412. The van der Waals surface area contributed by atoms with E-state index in [0.717, 1.165) is 25.3 Å². The van der Waals surface area contributed by atoms with Gasteiger partial charge in [0.1, 0.15) is 0 Å². The number of hydrogen-bond acceptors (Lipinski definition) is 3. The molecule has 0 unspecified atom stereocenters. The summed E-state index contributed by atoms with van der Waals surface area (Å²) in [7, 11) is 0. The average Bonchev–Trinajstić information content (AvgIpc) is 2.99. The Bertz CT molecular complexity index is 623. The number of carbonyl (C=O) groups excluding carboxylic acids is 1. The number of amides is 1. The van der Waals surface area contributed by atoms with Gasteiger partial charge in [0.25, 0.3) is 0 Å². The van der Waals surface area contributed by atoms with Crippen LogP contribution >= 0.6 is 0 Å². The van der Waals surface area contributed by atoms with Crippen LogP contribution in [0, 0.1) is 6.92 Å². The topological polar surface area (TPSA) is 50.2 Å². The minimum Gasteiger partial charge on any atom is -0.333 e. The van der Waals surface area contributed by atoms with Crippen molar-refractivity contribution in [1.82, 2.24) is 20.0 Å². The summed E-state index contributed by atoms with van der Waals surface area (Å²) < 4.78 is 1.84. The third-order valence-corrected chi connectivity index (χ3v) is 4.08. The molecule has 0 bridgehead atoms. The van der Waals surface area contributed by atoms with Gasteiger partial charge in [-0.1, -0.05) is 30.3 Å². The quantitative estimate of drug-likeness (QED) is 0.935. The molecule has 0 radical (unpaired) electrons. The van der Waals surface area contributed by atoms with E-state index in [1.165, 1.54) is 5.56 Å². The van der Waals surface area contributed by atoms with Crippen molar-refractivity contribution in [3.63, 3.8) is 0 Å². The first kappa shape index (κ1) is 14.8. The molecule has 2 heterocycles. The van der Waals surface area contributed by atoms with E-state index in [1.807, 2.05) is 47.0 Å². The van der Waals surface area contributed by atoms with Gasteiger partial charge in [0.05, 0.1) is 11.7 Å². The van der Waals surface area contributed by atoms with E-state index in [1.54, 1.807) is 0 Å². The largest absolute Gasteiger partial charge is 0.333 e. The molecule has 22 heavy (non-hydrogen) atoms. The van der Waals surface area contributed by atoms with Crippen LogP contribution in [0.2, 0.25) is 0 Å². The summed E-state index contributed by atoms with van der Waals surface area (Å²) in [6, 6.07) is 12.3. The van der Waals surface area contributed by atoms with Gasteiger partial charge in [-0.05, 0) is 18.6 Å². The third kappa shape index (κ3) is 3.36. The van der Waals surface area contributed by atoms with Crippen molar-refractivity contribution in [1.29, 1.82) is 0 Å². The van der Waals surface area contributed by atoms with Gasteiger partial charge in [0.15, 0.2) is 0 Å². The van der Waals surface area contributed by atoms with Crippen LogP contribution in [0.3, 0.4) is 0 Å². The molecule has 1 amide bonds. The molecular formula is C17H22N4O. The summed E-state index contributed by atoms with van der Waals surface area (Å²) >= 11 is 0. The fourth-order valence-electron chi connectivity index (χ4n) is 2.92. The Morgan fingerprint density at radius 2 is 2.14 bits per heavy atom. The summed E-state index contributed by atoms with van der Waals surface area (Å²) in [4.78, 5) is 14.6. The van der Waals surface area contributed by atoms with Gasteiger partial charge in [0, 0.05) is 38.8 Å². The SMILES string of the molecule is Cc1ccn(CCC(=O)N2CCNC[C@H]2c2ccccc2)n1. The summed E-state index contributed by atoms with van der Waals surface area (Å²) in [5.41, 5.74) is 2.18. The van der Waals surface area contributed by atoms with Crippen molar-refractivity contribution in [3.05, 3.63) is 53.9 Å². The van der Waals surface area contributed by atoms with E-state index < -0.39 is 0 Å². The molecule has 5 nitrogen and oxygen atoms in total. The summed E-state index contributed by atoms with van der Waals surface area (Å²) in [5.74, 6) is 0.198. The van der Waals surface area contributed by atoms with Crippen LogP contribution in [0.1, 0.15) is 23.7 Å². The number of aromatic nitrogens is 2. The van der Waals surface area contributed by atoms with Gasteiger partial charge < -0.3 is 10.2 Å². The van der Waals surface area contributed by atoms with Gasteiger partial charge in [0.2, 0.25) is 5.91 Å². The standard InChI is InChI=1S/C17H22N4O/c1-14-7-10-20(19-14)11-8-17(22)21-12-9-18-13-16(21)15-5-3-2-4-6-15/h2-7,10,16,18H,8-9,11-13H2,1H3/t16-/m0/s1. The highest BCUT2D eigenvalue weighted by Crippen LogP contribution is 2.22. The predicted octanol–water partition coefficient (Wildman–Crippen LogP) is 1.75. The minimum absolute atomic E-state index is 0.127. The molecule has 0 spiro atoms. The first-order valence-corrected chi connectivity index (χ1v) is 7.79. The normalized spacial score (nSPS) is 18.4. The Morgan fingerprint density at radius 1 is 1.32 bits per heavy atom. The molecule has 5 heteroatoms. The second-order valence-corrected chi connectivity index (χ2v) is 5.69. The second-order valence-electron chi connectivity index (χ2n) is 5.69. The zero-order chi connectivity index (χ0) is 15.4. The average molecular weight is 298 g/mol. The van der Waals surface area contributed by atoms with Gasteiger partial charge in [-0.3, -0.25) is 9.48 Å². The maximum absolute atomic E-state index is 12.6. The van der Waals surface area contributed by atoms with Crippen molar-refractivity contribution in [2.75, 3.05) is 19.6 Å². The maximum atomic E-state index is 12.6. The molecular weight excluding hydrogens is 276 g/mol. The van der Waals surface area contributed by atoms with Gasteiger partial charge in [-0.2, -0.15) is 5.10 Å². The van der Waals surface area contributed by atoms with Gasteiger partial charge in [-0.25, -0.2) is 0 Å². The van der Waals surface area contributed by atoms with E-state index in [2.05, 4.69) is 22.5 Å². The monoisotopic (exact) mass is 298 g/mol. The molecule has 3 rings (SSSR count). The Kier molecular flexibility index (Phi) is 4.53. The number of rotatable bonds is 4. The van der Waals surface area contributed by atoms with E-state index in [-0.39, 0.29) is 11.9 Å². The Hall–Kier alpha value is -2.14. The number of aryl methyl sites for hydroxylation is 2. The number of nitrogens with zero attached hydrogens (tertiary/aromatic N) is 3. The summed E-state index contributed by atoms with van der Waals surface area (Å²) in [6.45, 7) is 5.03. The zero-order valence-electron chi connectivity index (χ0n) is 12.9. The smallest absolute Gasteiger partial charge is 0.225 e. The van der Waals surface area contributed by atoms with E-state index >= 15 is 0 Å². The third-order valence-electron chi connectivity index (χ3n) is 4.08. The van der Waals surface area contributed by atoms with E-state index in [4.69, 9.17) is 0 Å². The number of nitrogens with one attached hydrogen (secondary N) is 1. The Balaban J connectivity index is 1.66. The van der Waals surface area contributed by atoms with Crippen molar-refractivity contribution in [2.24, 2.45) is 0 Å². The molecule has 1 aromatic heterocycles. The van der Waals surface area contributed by atoms with Crippen molar-refractivity contribution < 1.29 is 4.79 Å². The lowest BCUT2D eigenvalue weighted by Crippen LogP contribution is -2.48. The predicted molar refractivity (Wildman–Crippen MR) is 85.3 cm³/mol. The van der Waals surface area contributed by atoms with Crippen molar-refractivity contribution in [3.8, 4) is 0 Å². The molecule has 1 N–H and O–H groups in total. The van der Waals surface area contributed by atoms with Crippen molar-refractivity contribution in [2.45, 2.75) is 25.9 Å². The fourth-order valence-corrected chi connectivity index (χ4v) is 2.92. The van der Waals surface area contributed by atoms with Crippen LogP contribution in [0.5, 0.6) is 0 Å². The van der Waals surface area contributed by atoms with Crippen LogP contribution in [-0.4, -0.2) is 40.2 Å². The highest BCUT2D eigenvalue weighted by Gasteiger charge is 2.27. The Morgan fingerprint density at radius 3 is 2.86 bits per heavy atom. The number of hydrogen-bond donors (Lipinski definition) is 1.